The van der Waals surface area contributed by atoms with Gasteiger partial charge in [0.25, 0.3) is 5.91 Å². The Labute approximate surface area is 89.7 Å². The highest BCUT2D eigenvalue weighted by molar-refractivity contribution is 7.07. The zero-order valence-corrected chi connectivity index (χ0v) is 8.40. The molecule has 1 rings (SSSR count). The Morgan fingerprint density at radius 3 is 2.87 bits per heavy atom. The van der Waals surface area contributed by atoms with Gasteiger partial charge >= 0.3 is 5.97 Å². The highest BCUT2D eigenvalue weighted by atomic mass is 32.1. The summed E-state index contributed by atoms with van der Waals surface area (Å²) in [7, 11) is 0. The van der Waals surface area contributed by atoms with E-state index in [1.807, 2.05) is 0 Å². The molecule has 0 aromatic carbocycles. The predicted molar refractivity (Wildman–Crippen MR) is 52.3 cm³/mol. The fourth-order valence-corrected chi connectivity index (χ4v) is 1.37. The third-order valence-corrected chi connectivity index (χ3v) is 2.12. The molecule has 0 radical (unpaired) electrons. The molecule has 0 saturated heterocycles. The quantitative estimate of drug-likeness (QED) is 0.711. The minimum absolute atomic E-state index is 0.0525. The van der Waals surface area contributed by atoms with E-state index >= 15 is 0 Å². The van der Waals surface area contributed by atoms with Crippen LogP contribution in [-0.4, -0.2) is 44.6 Å². The van der Waals surface area contributed by atoms with Gasteiger partial charge in [-0.15, -0.1) is 11.5 Å². The third-order valence-electron chi connectivity index (χ3n) is 1.47. The van der Waals surface area contributed by atoms with E-state index in [4.69, 9.17) is 11.5 Å². The van der Waals surface area contributed by atoms with Crippen molar-refractivity contribution in [3.05, 3.63) is 11.1 Å². The second-order valence-electron chi connectivity index (χ2n) is 2.54. The van der Waals surface area contributed by atoms with Crippen molar-refractivity contribution in [2.24, 2.45) is 0 Å². The molecule has 1 aromatic heterocycles. The normalized spacial score (nSPS) is 9.27. The highest BCUT2D eigenvalue weighted by Gasteiger charge is 2.19. The van der Waals surface area contributed by atoms with Crippen molar-refractivity contribution >= 4 is 23.4 Å². The highest BCUT2D eigenvalue weighted by Crippen LogP contribution is 2.06. The standard InChI is InChI=1S/C8H7N3O3S/c1-2-3-11(5-7(12)13)8(14)6-4-9-10-15-6/h1,4H,3,5H2,(H,12,13). The average molecular weight is 225 g/mol. The average Bonchev–Trinajstić information content (AvgIpc) is 2.68. The van der Waals surface area contributed by atoms with Crippen LogP contribution in [0.3, 0.4) is 0 Å². The first-order valence-corrected chi connectivity index (χ1v) is 4.64. The first-order valence-electron chi connectivity index (χ1n) is 3.87. The topological polar surface area (TPSA) is 83.4 Å². The SMILES string of the molecule is C#CCN(CC(=O)O)C(=O)c1cnns1. The summed E-state index contributed by atoms with van der Waals surface area (Å²) in [6, 6.07) is 0. The molecule has 0 aliphatic rings. The third kappa shape index (κ3) is 3.03. The molecule has 78 valence electrons. The molecule has 0 aliphatic heterocycles. The number of terminal acetylenes is 1. The van der Waals surface area contributed by atoms with E-state index < -0.39 is 18.4 Å². The molecule has 6 nitrogen and oxygen atoms in total. The molecule has 0 atom stereocenters. The van der Waals surface area contributed by atoms with Crippen molar-refractivity contribution in [1.82, 2.24) is 14.5 Å². The molecule has 0 fully saturated rings. The van der Waals surface area contributed by atoms with Crippen LogP contribution in [0.5, 0.6) is 0 Å². The van der Waals surface area contributed by atoms with Gasteiger partial charge in [-0.05, 0) is 11.5 Å². The lowest BCUT2D eigenvalue weighted by atomic mass is 10.4. The summed E-state index contributed by atoms with van der Waals surface area (Å²) in [5, 5.41) is 12.1. The Morgan fingerprint density at radius 2 is 2.40 bits per heavy atom. The smallest absolute Gasteiger partial charge is 0.323 e. The first kappa shape index (κ1) is 11.1. The number of carboxylic acids is 1. The maximum atomic E-state index is 11.6. The van der Waals surface area contributed by atoms with Gasteiger partial charge in [-0.2, -0.15) is 0 Å². The summed E-state index contributed by atoms with van der Waals surface area (Å²) in [6.45, 7) is -0.482. The van der Waals surface area contributed by atoms with Gasteiger partial charge < -0.3 is 10.0 Å². The minimum Gasteiger partial charge on any atom is -0.480 e. The van der Waals surface area contributed by atoms with E-state index in [0.717, 1.165) is 16.4 Å². The van der Waals surface area contributed by atoms with Gasteiger partial charge in [-0.1, -0.05) is 10.4 Å². The van der Waals surface area contributed by atoms with Crippen LogP contribution in [-0.2, 0) is 4.79 Å². The molecule has 0 aliphatic carbocycles. The Morgan fingerprint density at radius 1 is 1.67 bits per heavy atom. The summed E-state index contributed by atoms with van der Waals surface area (Å²) in [5.41, 5.74) is 0. The van der Waals surface area contributed by atoms with Crippen LogP contribution in [0.25, 0.3) is 0 Å². The van der Waals surface area contributed by atoms with E-state index in [0.29, 0.717) is 0 Å². The first-order chi connectivity index (χ1) is 7.15. The second-order valence-corrected chi connectivity index (χ2v) is 3.33. The van der Waals surface area contributed by atoms with E-state index in [2.05, 4.69) is 15.5 Å². The second kappa shape index (κ2) is 5.07. The zero-order valence-electron chi connectivity index (χ0n) is 7.58. The van der Waals surface area contributed by atoms with E-state index in [1.165, 1.54) is 6.20 Å². The molecule has 0 bridgehead atoms. The molecular weight excluding hydrogens is 218 g/mol. The fourth-order valence-electron chi connectivity index (χ4n) is 0.890. The van der Waals surface area contributed by atoms with Gasteiger partial charge in [0.1, 0.15) is 11.4 Å². The molecule has 1 heterocycles. The number of hydrogen-bond donors (Lipinski definition) is 1. The number of rotatable bonds is 4. The summed E-state index contributed by atoms with van der Waals surface area (Å²) in [6.07, 6.45) is 6.31. The lowest BCUT2D eigenvalue weighted by molar-refractivity contribution is -0.137. The van der Waals surface area contributed by atoms with Crippen LogP contribution in [0.1, 0.15) is 9.67 Å². The van der Waals surface area contributed by atoms with Gasteiger partial charge in [0, 0.05) is 0 Å². The van der Waals surface area contributed by atoms with Crippen LogP contribution >= 0.6 is 11.5 Å². The number of carbonyl (C=O) groups excluding carboxylic acids is 1. The Balaban J connectivity index is 2.76. The number of carbonyl (C=O) groups is 2. The molecule has 1 N–H and O–H groups in total. The molecule has 1 amide bonds. The van der Waals surface area contributed by atoms with Crippen molar-refractivity contribution in [2.45, 2.75) is 0 Å². The van der Waals surface area contributed by atoms with Gasteiger partial charge in [0.15, 0.2) is 0 Å². The largest absolute Gasteiger partial charge is 0.480 e. The van der Waals surface area contributed by atoms with Crippen LogP contribution in [0.2, 0.25) is 0 Å². The maximum absolute atomic E-state index is 11.6. The number of aliphatic carboxylic acids is 1. The summed E-state index contributed by atoms with van der Waals surface area (Å²) in [4.78, 5) is 23.4. The number of amides is 1. The molecular formula is C8H7N3O3S. The summed E-state index contributed by atoms with van der Waals surface area (Å²) in [5.74, 6) is 0.640. The molecule has 1 aromatic rings. The van der Waals surface area contributed by atoms with Crippen LogP contribution in [0.4, 0.5) is 0 Å². The predicted octanol–water partition coefficient (Wildman–Crippen LogP) is -0.302. The van der Waals surface area contributed by atoms with E-state index in [-0.39, 0.29) is 11.4 Å². The van der Waals surface area contributed by atoms with E-state index in [1.54, 1.807) is 0 Å². The van der Waals surface area contributed by atoms with Crippen molar-refractivity contribution in [1.29, 1.82) is 0 Å². The molecule has 0 saturated carbocycles. The van der Waals surface area contributed by atoms with Crippen molar-refractivity contribution < 1.29 is 14.7 Å². The Kier molecular flexibility index (Phi) is 3.76. The maximum Gasteiger partial charge on any atom is 0.323 e. The van der Waals surface area contributed by atoms with E-state index in [9.17, 15) is 9.59 Å². The lowest BCUT2D eigenvalue weighted by Gasteiger charge is -2.15. The van der Waals surface area contributed by atoms with Gasteiger partial charge in [-0.25, -0.2) is 0 Å². The lowest BCUT2D eigenvalue weighted by Crippen LogP contribution is -2.35. The van der Waals surface area contributed by atoms with Crippen LogP contribution in [0.15, 0.2) is 6.20 Å². The number of nitrogens with zero attached hydrogens (tertiary/aromatic N) is 3. The Bertz CT molecular complexity index is 396. The van der Waals surface area contributed by atoms with Crippen LogP contribution in [0, 0.1) is 12.3 Å². The minimum atomic E-state index is -1.11. The van der Waals surface area contributed by atoms with Gasteiger partial charge in [0.2, 0.25) is 0 Å². The van der Waals surface area contributed by atoms with Crippen molar-refractivity contribution in [2.75, 3.05) is 13.1 Å². The molecule has 0 spiro atoms. The molecule has 7 heteroatoms. The fraction of sp³-hybridized carbons (Fsp3) is 0.250. The number of hydrogen-bond acceptors (Lipinski definition) is 5. The van der Waals surface area contributed by atoms with Crippen molar-refractivity contribution in [3.8, 4) is 12.3 Å². The summed E-state index contributed by atoms with van der Waals surface area (Å²) < 4.78 is 3.51. The molecule has 0 unspecified atom stereocenters. The summed E-state index contributed by atoms with van der Waals surface area (Å²) >= 11 is 0.898. The number of aromatic nitrogens is 2. The van der Waals surface area contributed by atoms with Crippen molar-refractivity contribution in [3.63, 3.8) is 0 Å². The van der Waals surface area contributed by atoms with Crippen LogP contribution < -0.4 is 0 Å². The zero-order chi connectivity index (χ0) is 11.3. The monoisotopic (exact) mass is 225 g/mol. The van der Waals surface area contributed by atoms with Gasteiger partial charge in [-0.3, -0.25) is 9.59 Å². The Hall–Kier alpha value is -1.94. The number of carboxylic acid groups (broad SMARTS) is 1. The van der Waals surface area contributed by atoms with Gasteiger partial charge in [0.05, 0.1) is 12.7 Å². The molecule has 15 heavy (non-hydrogen) atoms.